The number of cyclic esters (lactones) is 1. The molecule has 0 atom stereocenters. The first-order chi connectivity index (χ1) is 13.2. The van der Waals surface area contributed by atoms with Gasteiger partial charge in [0.1, 0.15) is 0 Å². The second-order valence-corrected chi connectivity index (χ2v) is 6.93. The molecule has 132 valence electrons. The summed E-state index contributed by atoms with van der Waals surface area (Å²) in [7, 11) is 0. The standard InChI is InChI=1S/C23H17NO2S/c1-27-20-13-7-16(8-14-20)15-21-23(25)26-22(24-21)19-11-9-18(10-12-19)17-5-3-2-4-6-17/h2-15H,1H3. The summed E-state index contributed by atoms with van der Waals surface area (Å²) in [5.41, 5.74) is 4.26. The van der Waals surface area contributed by atoms with Crippen LogP contribution in [0, 0.1) is 0 Å². The van der Waals surface area contributed by atoms with Crippen molar-refractivity contribution in [2.75, 3.05) is 6.26 Å². The molecule has 27 heavy (non-hydrogen) atoms. The Balaban J connectivity index is 1.58. The van der Waals surface area contributed by atoms with Crippen LogP contribution in [-0.4, -0.2) is 18.1 Å². The molecule has 4 heteroatoms. The highest BCUT2D eigenvalue weighted by atomic mass is 32.2. The fourth-order valence-corrected chi connectivity index (χ4v) is 3.23. The third-order valence-electron chi connectivity index (χ3n) is 4.28. The fraction of sp³-hybridized carbons (Fsp3) is 0.0435. The number of hydrogen-bond acceptors (Lipinski definition) is 4. The van der Waals surface area contributed by atoms with Gasteiger partial charge in [-0.05, 0) is 53.3 Å². The predicted octanol–water partition coefficient (Wildman–Crippen LogP) is 5.42. The minimum absolute atomic E-state index is 0.314. The van der Waals surface area contributed by atoms with Crippen LogP contribution in [0.1, 0.15) is 11.1 Å². The van der Waals surface area contributed by atoms with E-state index in [1.165, 1.54) is 4.90 Å². The number of thioether (sulfide) groups is 1. The smallest absolute Gasteiger partial charge is 0.363 e. The summed E-state index contributed by atoms with van der Waals surface area (Å²) in [5, 5.41) is 0. The molecule has 3 nitrogen and oxygen atoms in total. The SMILES string of the molecule is CSc1ccc(C=C2N=C(c3ccc(-c4ccccc4)cc3)OC2=O)cc1. The van der Waals surface area contributed by atoms with Gasteiger partial charge in [0.2, 0.25) is 5.90 Å². The topological polar surface area (TPSA) is 38.7 Å². The van der Waals surface area contributed by atoms with E-state index >= 15 is 0 Å². The van der Waals surface area contributed by atoms with E-state index in [0.29, 0.717) is 11.6 Å². The highest BCUT2D eigenvalue weighted by Crippen LogP contribution is 2.23. The molecule has 0 radical (unpaired) electrons. The normalized spacial score (nSPS) is 14.9. The Morgan fingerprint density at radius 3 is 2.11 bits per heavy atom. The van der Waals surface area contributed by atoms with Gasteiger partial charge >= 0.3 is 5.97 Å². The number of ether oxygens (including phenoxy) is 1. The van der Waals surface area contributed by atoms with Crippen LogP contribution in [-0.2, 0) is 9.53 Å². The number of nitrogens with zero attached hydrogens (tertiary/aromatic N) is 1. The van der Waals surface area contributed by atoms with E-state index in [1.807, 2.05) is 73.0 Å². The Kier molecular flexibility index (Phi) is 4.90. The van der Waals surface area contributed by atoms with Crippen molar-refractivity contribution in [3.8, 4) is 11.1 Å². The number of aliphatic imine (C=N–C) groups is 1. The summed E-state index contributed by atoms with van der Waals surface area (Å²) < 4.78 is 5.36. The lowest BCUT2D eigenvalue weighted by molar-refractivity contribution is -0.129. The highest BCUT2D eigenvalue weighted by molar-refractivity contribution is 7.98. The molecule has 0 fully saturated rings. The van der Waals surface area contributed by atoms with Crippen LogP contribution in [0.15, 0.2) is 94.4 Å². The van der Waals surface area contributed by atoms with Crippen molar-refractivity contribution in [2.45, 2.75) is 4.90 Å². The average molecular weight is 371 g/mol. The number of carbonyl (C=O) groups is 1. The van der Waals surface area contributed by atoms with Gasteiger partial charge in [-0.2, -0.15) is 0 Å². The molecular formula is C23H17NO2S. The molecule has 0 unspecified atom stereocenters. The van der Waals surface area contributed by atoms with Gasteiger partial charge in [0.25, 0.3) is 0 Å². The lowest BCUT2D eigenvalue weighted by atomic mass is 10.0. The van der Waals surface area contributed by atoms with Crippen LogP contribution in [0.5, 0.6) is 0 Å². The Hall–Kier alpha value is -3.11. The molecule has 0 bridgehead atoms. The summed E-state index contributed by atoms with van der Waals surface area (Å²) >= 11 is 1.68. The Morgan fingerprint density at radius 2 is 1.44 bits per heavy atom. The molecule has 0 aliphatic carbocycles. The largest absolute Gasteiger partial charge is 0.402 e. The van der Waals surface area contributed by atoms with Crippen LogP contribution in [0.2, 0.25) is 0 Å². The lowest BCUT2D eigenvalue weighted by Crippen LogP contribution is -2.05. The Bertz CT molecular complexity index is 1020. The second kappa shape index (κ2) is 7.64. The average Bonchev–Trinajstić information content (AvgIpc) is 3.10. The molecule has 3 aromatic carbocycles. The van der Waals surface area contributed by atoms with Gasteiger partial charge in [-0.15, -0.1) is 11.8 Å². The third-order valence-corrected chi connectivity index (χ3v) is 5.02. The molecule has 1 heterocycles. The first-order valence-electron chi connectivity index (χ1n) is 8.55. The van der Waals surface area contributed by atoms with E-state index in [1.54, 1.807) is 17.8 Å². The maximum absolute atomic E-state index is 12.2. The van der Waals surface area contributed by atoms with E-state index < -0.39 is 5.97 Å². The molecule has 0 saturated heterocycles. The van der Waals surface area contributed by atoms with Gasteiger partial charge < -0.3 is 4.74 Å². The van der Waals surface area contributed by atoms with E-state index in [0.717, 1.165) is 22.3 Å². The minimum Gasteiger partial charge on any atom is -0.402 e. The van der Waals surface area contributed by atoms with Gasteiger partial charge in [0, 0.05) is 10.5 Å². The van der Waals surface area contributed by atoms with E-state index in [9.17, 15) is 4.79 Å². The summed E-state index contributed by atoms with van der Waals surface area (Å²) in [6, 6.07) is 26.0. The summed E-state index contributed by atoms with van der Waals surface area (Å²) in [6.07, 6.45) is 3.78. The van der Waals surface area contributed by atoms with Crippen LogP contribution in [0.3, 0.4) is 0 Å². The van der Waals surface area contributed by atoms with Crippen molar-refractivity contribution in [2.24, 2.45) is 4.99 Å². The van der Waals surface area contributed by atoms with Crippen molar-refractivity contribution in [3.63, 3.8) is 0 Å². The van der Waals surface area contributed by atoms with Gasteiger partial charge in [-0.3, -0.25) is 0 Å². The zero-order valence-electron chi connectivity index (χ0n) is 14.8. The molecule has 1 aliphatic heterocycles. The molecule has 0 N–H and O–H groups in total. The number of benzene rings is 3. The van der Waals surface area contributed by atoms with Crippen molar-refractivity contribution in [3.05, 3.63) is 95.7 Å². The van der Waals surface area contributed by atoms with Gasteiger partial charge in [0.05, 0.1) is 0 Å². The van der Waals surface area contributed by atoms with Crippen molar-refractivity contribution >= 4 is 29.7 Å². The van der Waals surface area contributed by atoms with E-state index in [-0.39, 0.29) is 0 Å². The molecule has 4 rings (SSSR count). The predicted molar refractivity (Wildman–Crippen MR) is 111 cm³/mol. The summed E-state index contributed by atoms with van der Waals surface area (Å²) in [5.74, 6) is -0.0855. The van der Waals surface area contributed by atoms with E-state index in [2.05, 4.69) is 17.1 Å². The van der Waals surface area contributed by atoms with E-state index in [4.69, 9.17) is 4.74 Å². The number of rotatable bonds is 4. The highest BCUT2D eigenvalue weighted by Gasteiger charge is 2.24. The first-order valence-corrected chi connectivity index (χ1v) is 9.78. The lowest BCUT2D eigenvalue weighted by Gasteiger charge is -2.03. The van der Waals surface area contributed by atoms with Gasteiger partial charge in [-0.25, -0.2) is 9.79 Å². The van der Waals surface area contributed by atoms with Crippen LogP contribution in [0.25, 0.3) is 17.2 Å². The van der Waals surface area contributed by atoms with Crippen LogP contribution >= 0.6 is 11.8 Å². The monoisotopic (exact) mass is 371 g/mol. The Morgan fingerprint density at radius 1 is 0.815 bits per heavy atom. The summed E-state index contributed by atoms with van der Waals surface area (Å²) in [6.45, 7) is 0. The van der Waals surface area contributed by atoms with Crippen LogP contribution in [0.4, 0.5) is 0 Å². The molecule has 0 aromatic heterocycles. The minimum atomic E-state index is -0.425. The zero-order valence-corrected chi connectivity index (χ0v) is 15.6. The number of esters is 1. The van der Waals surface area contributed by atoms with Crippen molar-refractivity contribution in [1.29, 1.82) is 0 Å². The maximum Gasteiger partial charge on any atom is 0.363 e. The molecule has 3 aromatic rings. The molecule has 0 amide bonds. The second-order valence-electron chi connectivity index (χ2n) is 6.05. The van der Waals surface area contributed by atoms with Crippen LogP contribution < -0.4 is 0 Å². The Labute approximate surface area is 162 Å². The quantitative estimate of drug-likeness (QED) is 0.349. The third kappa shape index (κ3) is 3.86. The molecule has 0 spiro atoms. The van der Waals surface area contributed by atoms with Gasteiger partial charge in [-0.1, -0.05) is 54.6 Å². The molecular weight excluding hydrogens is 354 g/mol. The zero-order chi connectivity index (χ0) is 18.6. The number of hydrogen-bond donors (Lipinski definition) is 0. The summed E-state index contributed by atoms with van der Waals surface area (Å²) in [4.78, 5) is 17.7. The van der Waals surface area contributed by atoms with Gasteiger partial charge in [0.15, 0.2) is 5.70 Å². The maximum atomic E-state index is 12.2. The first kappa shape index (κ1) is 17.3. The molecule has 1 aliphatic rings. The number of carbonyl (C=O) groups excluding carboxylic acids is 1. The fourth-order valence-electron chi connectivity index (χ4n) is 2.83. The molecule has 0 saturated carbocycles. The van der Waals surface area contributed by atoms with Crippen molar-refractivity contribution < 1.29 is 9.53 Å². The van der Waals surface area contributed by atoms with Crippen molar-refractivity contribution in [1.82, 2.24) is 0 Å².